The van der Waals surface area contributed by atoms with E-state index in [1.54, 1.807) is 11.3 Å². The molecule has 2 aromatic rings. The molecule has 1 fully saturated rings. The van der Waals surface area contributed by atoms with Crippen LogP contribution in [0.25, 0.3) is 10.6 Å². The molecule has 0 saturated heterocycles. The first-order valence-electron chi connectivity index (χ1n) is 8.08. The third-order valence-electron chi connectivity index (χ3n) is 4.29. The van der Waals surface area contributed by atoms with Crippen molar-refractivity contribution < 1.29 is 4.79 Å². The van der Waals surface area contributed by atoms with Gasteiger partial charge in [-0.2, -0.15) is 0 Å². The van der Waals surface area contributed by atoms with E-state index in [0.717, 1.165) is 28.6 Å². The van der Waals surface area contributed by atoms with E-state index >= 15 is 0 Å². The molecule has 1 aliphatic rings. The number of aromatic nitrogens is 1. The molecule has 0 bridgehead atoms. The fourth-order valence-corrected chi connectivity index (χ4v) is 3.84. The summed E-state index contributed by atoms with van der Waals surface area (Å²) in [5.74, 6) is 0.927. The molecule has 3 nitrogen and oxygen atoms in total. The third-order valence-corrected chi connectivity index (χ3v) is 5.23. The molecule has 1 N–H and O–H groups in total. The first-order valence-corrected chi connectivity index (χ1v) is 8.96. The van der Waals surface area contributed by atoms with Gasteiger partial charge >= 0.3 is 0 Å². The van der Waals surface area contributed by atoms with Crippen LogP contribution in [0.2, 0.25) is 0 Å². The van der Waals surface area contributed by atoms with Crippen LogP contribution in [0.4, 0.5) is 0 Å². The van der Waals surface area contributed by atoms with Crippen molar-refractivity contribution in [3.63, 3.8) is 0 Å². The number of thiazole rings is 1. The average Bonchev–Trinajstić information content (AvgIpc) is 3.23. The fourth-order valence-electron chi connectivity index (χ4n) is 3.01. The van der Waals surface area contributed by atoms with Crippen LogP contribution < -0.4 is 5.32 Å². The van der Waals surface area contributed by atoms with Gasteiger partial charge < -0.3 is 5.32 Å². The summed E-state index contributed by atoms with van der Waals surface area (Å²) in [5, 5.41) is 6.03. The lowest BCUT2D eigenvalue weighted by atomic mass is 10.0. The second-order valence-corrected chi connectivity index (χ2v) is 6.83. The Morgan fingerprint density at radius 3 is 2.77 bits per heavy atom. The van der Waals surface area contributed by atoms with E-state index in [1.807, 2.05) is 23.6 Å². The van der Waals surface area contributed by atoms with Crippen molar-refractivity contribution >= 4 is 17.2 Å². The minimum atomic E-state index is 0.154. The summed E-state index contributed by atoms with van der Waals surface area (Å²) in [6, 6.07) is 10.1. The van der Waals surface area contributed by atoms with E-state index in [0.29, 0.717) is 13.0 Å². The van der Waals surface area contributed by atoms with Gasteiger partial charge in [-0.15, -0.1) is 11.3 Å². The number of benzene rings is 1. The number of amides is 1. The normalized spacial score (nSPS) is 15.1. The van der Waals surface area contributed by atoms with Crippen molar-refractivity contribution in [3.8, 4) is 10.6 Å². The lowest BCUT2D eigenvalue weighted by Crippen LogP contribution is -2.23. The van der Waals surface area contributed by atoms with E-state index in [2.05, 4.69) is 22.4 Å². The van der Waals surface area contributed by atoms with Crippen LogP contribution in [0.1, 0.15) is 44.2 Å². The highest BCUT2D eigenvalue weighted by atomic mass is 32.1. The Morgan fingerprint density at radius 1 is 1.23 bits per heavy atom. The maximum atomic E-state index is 11.9. The molecule has 1 aromatic carbocycles. The van der Waals surface area contributed by atoms with E-state index in [1.165, 1.54) is 25.7 Å². The van der Waals surface area contributed by atoms with Gasteiger partial charge in [0, 0.05) is 17.4 Å². The largest absolute Gasteiger partial charge is 0.350 e. The molecule has 0 atom stereocenters. The van der Waals surface area contributed by atoms with Crippen molar-refractivity contribution in [1.82, 2.24) is 10.3 Å². The van der Waals surface area contributed by atoms with Gasteiger partial charge in [0.25, 0.3) is 0 Å². The lowest BCUT2D eigenvalue weighted by Gasteiger charge is -2.08. The number of nitrogens with one attached hydrogen (secondary N) is 1. The Hall–Kier alpha value is -1.68. The van der Waals surface area contributed by atoms with Crippen LogP contribution in [0.5, 0.6) is 0 Å². The fraction of sp³-hybridized carbons (Fsp3) is 0.444. The van der Waals surface area contributed by atoms with Crippen molar-refractivity contribution in [3.05, 3.63) is 41.4 Å². The van der Waals surface area contributed by atoms with Crippen molar-refractivity contribution in [2.24, 2.45) is 5.92 Å². The van der Waals surface area contributed by atoms with E-state index < -0.39 is 0 Å². The minimum absolute atomic E-state index is 0.154. The molecule has 22 heavy (non-hydrogen) atoms. The maximum Gasteiger partial charge on any atom is 0.220 e. The minimum Gasteiger partial charge on any atom is -0.350 e. The van der Waals surface area contributed by atoms with Crippen LogP contribution in [-0.2, 0) is 11.3 Å². The molecular formula is C18H22N2OS. The number of hydrogen-bond donors (Lipinski definition) is 1. The summed E-state index contributed by atoms with van der Waals surface area (Å²) in [6.07, 6.45) is 6.98. The topological polar surface area (TPSA) is 42.0 Å². The maximum absolute atomic E-state index is 11.9. The molecule has 1 heterocycles. The molecule has 4 heteroatoms. The molecule has 1 saturated carbocycles. The molecule has 0 spiro atoms. The van der Waals surface area contributed by atoms with Crippen molar-refractivity contribution in [1.29, 1.82) is 0 Å². The molecule has 116 valence electrons. The summed E-state index contributed by atoms with van der Waals surface area (Å²) in [7, 11) is 0. The molecule has 3 rings (SSSR count). The third kappa shape index (κ3) is 4.17. The Morgan fingerprint density at radius 2 is 2.00 bits per heavy atom. The van der Waals surface area contributed by atoms with Gasteiger partial charge in [0.1, 0.15) is 5.01 Å². The average molecular weight is 314 g/mol. The standard InChI is InChI=1S/C18H22N2OS/c21-17(11-10-14-6-4-5-7-14)19-12-16-13-22-18(20-16)15-8-2-1-3-9-15/h1-3,8-9,13-14H,4-7,10-12H2,(H,19,21). The zero-order valence-corrected chi connectivity index (χ0v) is 13.6. The number of nitrogens with zero attached hydrogens (tertiary/aromatic N) is 1. The van der Waals surface area contributed by atoms with Gasteiger partial charge in [0.15, 0.2) is 0 Å². The molecule has 1 aromatic heterocycles. The summed E-state index contributed by atoms with van der Waals surface area (Å²) >= 11 is 1.63. The second kappa shape index (κ2) is 7.54. The van der Waals surface area contributed by atoms with Gasteiger partial charge in [0.2, 0.25) is 5.91 Å². The second-order valence-electron chi connectivity index (χ2n) is 5.98. The number of hydrogen-bond acceptors (Lipinski definition) is 3. The van der Waals surface area contributed by atoms with Crippen molar-refractivity contribution in [2.45, 2.75) is 45.1 Å². The zero-order chi connectivity index (χ0) is 15.2. The predicted octanol–water partition coefficient (Wildman–Crippen LogP) is 4.40. The van der Waals surface area contributed by atoms with E-state index in [-0.39, 0.29) is 5.91 Å². The highest BCUT2D eigenvalue weighted by Crippen LogP contribution is 2.28. The molecule has 0 radical (unpaired) electrons. The molecule has 1 aliphatic carbocycles. The first-order chi connectivity index (χ1) is 10.8. The van der Waals surface area contributed by atoms with Gasteiger partial charge in [-0.25, -0.2) is 4.98 Å². The Bertz CT molecular complexity index is 603. The monoisotopic (exact) mass is 314 g/mol. The van der Waals surface area contributed by atoms with Gasteiger partial charge in [-0.05, 0) is 12.3 Å². The first kappa shape index (κ1) is 15.2. The van der Waals surface area contributed by atoms with Gasteiger partial charge in [0.05, 0.1) is 12.2 Å². The molecular weight excluding hydrogens is 292 g/mol. The van der Waals surface area contributed by atoms with Gasteiger partial charge in [-0.3, -0.25) is 4.79 Å². The summed E-state index contributed by atoms with van der Waals surface area (Å²) in [4.78, 5) is 16.5. The van der Waals surface area contributed by atoms with Crippen LogP contribution in [0, 0.1) is 5.92 Å². The quantitative estimate of drug-likeness (QED) is 0.859. The number of rotatable bonds is 6. The highest BCUT2D eigenvalue weighted by Gasteiger charge is 2.16. The molecule has 0 unspecified atom stereocenters. The Labute approximate surface area is 135 Å². The number of carbonyl (C=O) groups excluding carboxylic acids is 1. The lowest BCUT2D eigenvalue weighted by molar-refractivity contribution is -0.121. The van der Waals surface area contributed by atoms with Crippen LogP contribution >= 0.6 is 11.3 Å². The summed E-state index contributed by atoms with van der Waals surface area (Å²) in [5.41, 5.74) is 2.07. The Balaban J connectivity index is 1.45. The SMILES string of the molecule is O=C(CCC1CCCC1)NCc1csc(-c2ccccc2)n1. The van der Waals surface area contributed by atoms with Crippen LogP contribution in [0.15, 0.2) is 35.7 Å². The number of carbonyl (C=O) groups is 1. The van der Waals surface area contributed by atoms with E-state index in [9.17, 15) is 4.79 Å². The van der Waals surface area contributed by atoms with Crippen LogP contribution in [-0.4, -0.2) is 10.9 Å². The van der Waals surface area contributed by atoms with E-state index in [4.69, 9.17) is 0 Å². The predicted molar refractivity (Wildman–Crippen MR) is 90.6 cm³/mol. The summed E-state index contributed by atoms with van der Waals surface area (Å²) < 4.78 is 0. The van der Waals surface area contributed by atoms with Gasteiger partial charge in [-0.1, -0.05) is 56.0 Å². The molecule has 1 amide bonds. The zero-order valence-electron chi connectivity index (χ0n) is 12.8. The Kier molecular flexibility index (Phi) is 5.22. The smallest absolute Gasteiger partial charge is 0.220 e. The summed E-state index contributed by atoms with van der Waals surface area (Å²) in [6.45, 7) is 0.535. The van der Waals surface area contributed by atoms with Crippen molar-refractivity contribution in [2.75, 3.05) is 0 Å². The molecule has 0 aliphatic heterocycles. The van der Waals surface area contributed by atoms with Crippen LogP contribution in [0.3, 0.4) is 0 Å². The highest BCUT2D eigenvalue weighted by molar-refractivity contribution is 7.13.